The van der Waals surface area contributed by atoms with Crippen LogP contribution in [0.1, 0.15) is 57.1 Å². The van der Waals surface area contributed by atoms with Crippen LogP contribution in [0, 0.1) is 6.92 Å². The molecule has 1 aliphatic heterocycles. The summed E-state index contributed by atoms with van der Waals surface area (Å²) in [6.45, 7) is 15.6. The van der Waals surface area contributed by atoms with Crippen LogP contribution in [0.15, 0.2) is 23.2 Å². The molecule has 0 aromatic heterocycles. The van der Waals surface area contributed by atoms with Crippen molar-refractivity contribution < 1.29 is 4.74 Å². The number of guanidine groups is 1. The number of likely N-dealkylation sites (N-methyl/N-ethyl adjacent to an activating group) is 1. The van der Waals surface area contributed by atoms with Crippen molar-refractivity contribution in [1.82, 2.24) is 20.4 Å². The first-order valence-corrected chi connectivity index (χ1v) is 12.3. The molecule has 1 saturated heterocycles. The lowest BCUT2D eigenvalue weighted by molar-refractivity contribution is 0.152. The Bertz CT molecular complexity index is 647. The van der Waals surface area contributed by atoms with Crippen LogP contribution < -0.4 is 15.4 Å². The van der Waals surface area contributed by atoms with E-state index in [9.17, 15) is 0 Å². The Kier molecular flexibility index (Phi) is 15.8. The second-order valence-electron chi connectivity index (χ2n) is 8.64. The lowest BCUT2D eigenvalue weighted by Crippen LogP contribution is -2.44. The first-order valence-electron chi connectivity index (χ1n) is 12.3. The molecular weight excluding hydrogens is 513 g/mol. The standard InChI is InChI=1S/C25H45N5O.HI/c1-5-7-10-19-31-24-20-22(3)11-12-23(24)21-28-25(26-6-2)27-13-8-9-14-30-17-15-29(4)16-18-30;/h11-12,20H,5-10,13-19,21H2,1-4H3,(H2,26,27,28);1H. The summed E-state index contributed by atoms with van der Waals surface area (Å²) in [5, 5.41) is 6.87. The number of aryl methyl sites for hydroxylation is 1. The predicted octanol–water partition coefficient (Wildman–Crippen LogP) is 4.26. The summed E-state index contributed by atoms with van der Waals surface area (Å²) in [6.07, 6.45) is 5.91. The Morgan fingerprint density at radius 1 is 1.03 bits per heavy atom. The molecule has 0 radical (unpaired) electrons. The van der Waals surface area contributed by atoms with Gasteiger partial charge in [0.25, 0.3) is 0 Å². The Hall–Kier alpha value is -1.06. The van der Waals surface area contributed by atoms with E-state index in [4.69, 9.17) is 9.73 Å². The van der Waals surface area contributed by atoms with E-state index in [0.717, 1.165) is 49.8 Å². The number of halogens is 1. The molecule has 0 aliphatic carbocycles. The number of ether oxygens (including phenoxy) is 1. The zero-order valence-electron chi connectivity index (χ0n) is 20.8. The maximum absolute atomic E-state index is 6.07. The number of hydrogen-bond donors (Lipinski definition) is 2. The van der Waals surface area contributed by atoms with Gasteiger partial charge >= 0.3 is 0 Å². The fourth-order valence-electron chi connectivity index (χ4n) is 3.71. The highest BCUT2D eigenvalue weighted by atomic mass is 127. The Morgan fingerprint density at radius 2 is 1.81 bits per heavy atom. The number of aliphatic imine (C=N–C) groups is 1. The Balaban J connectivity index is 0.00000512. The highest BCUT2D eigenvalue weighted by molar-refractivity contribution is 14.0. The molecule has 0 saturated carbocycles. The highest BCUT2D eigenvalue weighted by Gasteiger charge is 2.12. The third kappa shape index (κ3) is 11.7. The number of benzene rings is 1. The van der Waals surface area contributed by atoms with Gasteiger partial charge in [-0.3, -0.25) is 0 Å². The molecule has 1 fully saturated rings. The van der Waals surface area contributed by atoms with Gasteiger partial charge in [-0.2, -0.15) is 0 Å². The van der Waals surface area contributed by atoms with Crippen LogP contribution in [0.25, 0.3) is 0 Å². The van der Waals surface area contributed by atoms with Gasteiger partial charge in [-0.15, -0.1) is 24.0 Å². The summed E-state index contributed by atoms with van der Waals surface area (Å²) in [6, 6.07) is 6.42. The molecule has 1 aromatic carbocycles. The molecule has 6 nitrogen and oxygen atoms in total. The van der Waals surface area contributed by atoms with Gasteiger partial charge in [0.1, 0.15) is 5.75 Å². The van der Waals surface area contributed by atoms with Crippen molar-refractivity contribution in [1.29, 1.82) is 0 Å². The smallest absolute Gasteiger partial charge is 0.191 e. The first-order chi connectivity index (χ1) is 15.1. The minimum absolute atomic E-state index is 0. The minimum atomic E-state index is 0. The van der Waals surface area contributed by atoms with Crippen molar-refractivity contribution in [3.05, 3.63) is 29.3 Å². The van der Waals surface area contributed by atoms with Crippen LogP contribution in [-0.2, 0) is 6.54 Å². The molecule has 2 rings (SSSR count). The van der Waals surface area contributed by atoms with Crippen LogP contribution >= 0.6 is 24.0 Å². The van der Waals surface area contributed by atoms with E-state index in [-0.39, 0.29) is 24.0 Å². The summed E-state index contributed by atoms with van der Waals surface area (Å²) >= 11 is 0. The van der Waals surface area contributed by atoms with Crippen LogP contribution in [-0.4, -0.2) is 75.2 Å². The lowest BCUT2D eigenvalue weighted by Gasteiger charge is -2.32. The van der Waals surface area contributed by atoms with E-state index in [2.05, 4.69) is 66.5 Å². The summed E-state index contributed by atoms with van der Waals surface area (Å²) in [4.78, 5) is 9.80. The first kappa shape index (κ1) is 29.0. The zero-order chi connectivity index (χ0) is 22.3. The molecule has 184 valence electrons. The molecule has 1 heterocycles. The lowest BCUT2D eigenvalue weighted by atomic mass is 10.1. The van der Waals surface area contributed by atoms with Crippen LogP contribution in [0.4, 0.5) is 0 Å². The van der Waals surface area contributed by atoms with Gasteiger partial charge in [-0.1, -0.05) is 31.9 Å². The maximum atomic E-state index is 6.07. The van der Waals surface area contributed by atoms with Crippen LogP contribution in [0.3, 0.4) is 0 Å². The summed E-state index contributed by atoms with van der Waals surface area (Å²) < 4.78 is 6.07. The average molecular weight is 560 g/mol. The molecule has 1 aromatic rings. The zero-order valence-corrected chi connectivity index (χ0v) is 23.1. The summed E-state index contributed by atoms with van der Waals surface area (Å²) in [7, 11) is 2.21. The van der Waals surface area contributed by atoms with E-state index in [1.165, 1.54) is 57.5 Å². The van der Waals surface area contributed by atoms with Crippen molar-refractivity contribution in [3.63, 3.8) is 0 Å². The van der Waals surface area contributed by atoms with Crippen molar-refractivity contribution in [3.8, 4) is 5.75 Å². The van der Waals surface area contributed by atoms with Gasteiger partial charge in [0, 0.05) is 44.8 Å². The molecule has 0 spiro atoms. The summed E-state index contributed by atoms with van der Waals surface area (Å²) in [5.41, 5.74) is 2.37. The molecule has 0 unspecified atom stereocenters. The average Bonchev–Trinajstić information content (AvgIpc) is 2.77. The fourth-order valence-corrected chi connectivity index (χ4v) is 3.71. The van der Waals surface area contributed by atoms with Gasteiger partial charge in [0.15, 0.2) is 5.96 Å². The minimum Gasteiger partial charge on any atom is -0.493 e. The normalized spacial score (nSPS) is 15.3. The largest absolute Gasteiger partial charge is 0.493 e. The van der Waals surface area contributed by atoms with Crippen molar-refractivity contribution in [2.45, 2.75) is 59.4 Å². The predicted molar refractivity (Wildman–Crippen MR) is 148 cm³/mol. The molecular formula is C25H46IN5O. The number of hydrogen-bond acceptors (Lipinski definition) is 4. The SMILES string of the molecule is CCCCCOc1cc(C)ccc1CN=C(NCC)NCCCCN1CCN(C)CC1.I. The third-order valence-corrected chi connectivity index (χ3v) is 5.77. The Morgan fingerprint density at radius 3 is 2.53 bits per heavy atom. The fraction of sp³-hybridized carbons (Fsp3) is 0.720. The van der Waals surface area contributed by atoms with Gasteiger partial charge in [0.2, 0.25) is 0 Å². The molecule has 2 N–H and O–H groups in total. The van der Waals surface area contributed by atoms with E-state index < -0.39 is 0 Å². The van der Waals surface area contributed by atoms with E-state index in [0.29, 0.717) is 6.54 Å². The van der Waals surface area contributed by atoms with Crippen molar-refractivity contribution in [2.24, 2.45) is 4.99 Å². The molecule has 0 amide bonds. The molecule has 1 aliphatic rings. The third-order valence-electron chi connectivity index (χ3n) is 5.77. The van der Waals surface area contributed by atoms with Gasteiger partial charge in [0.05, 0.1) is 13.2 Å². The van der Waals surface area contributed by atoms with E-state index in [1.54, 1.807) is 0 Å². The molecule has 7 heteroatoms. The molecule has 0 atom stereocenters. The number of piperazine rings is 1. The second-order valence-corrected chi connectivity index (χ2v) is 8.64. The summed E-state index contributed by atoms with van der Waals surface area (Å²) in [5.74, 6) is 1.86. The number of rotatable bonds is 13. The van der Waals surface area contributed by atoms with Crippen molar-refractivity contribution >= 4 is 29.9 Å². The van der Waals surface area contributed by atoms with Gasteiger partial charge < -0.3 is 25.2 Å². The van der Waals surface area contributed by atoms with E-state index >= 15 is 0 Å². The topological polar surface area (TPSA) is 52.1 Å². The second kappa shape index (κ2) is 17.4. The van der Waals surface area contributed by atoms with Gasteiger partial charge in [-0.25, -0.2) is 4.99 Å². The van der Waals surface area contributed by atoms with E-state index in [1.807, 2.05) is 0 Å². The number of nitrogens with zero attached hydrogens (tertiary/aromatic N) is 3. The number of nitrogens with one attached hydrogen (secondary N) is 2. The van der Waals surface area contributed by atoms with Crippen molar-refractivity contribution in [2.75, 3.05) is 59.5 Å². The van der Waals surface area contributed by atoms with Gasteiger partial charge in [-0.05, 0) is 58.3 Å². The Labute approximate surface area is 213 Å². The molecule has 0 bridgehead atoms. The van der Waals surface area contributed by atoms with Crippen LogP contribution in [0.5, 0.6) is 5.75 Å². The number of unbranched alkanes of at least 4 members (excludes halogenated alkanes) is 3. The highest BCUT2D eigenvalue weighted by Crippen LogP contribution is 2.21. The maximum Gasteiger partial charge on any atom is 0.191 e. The monoisotopic (exact) mass is 559 g/mol. The quantitative estimate of drug-likeness (QED) is 0.164. The molecule has 32 heavy (non-hydrogen) atoms. The van der Waals surface area contributed by atoms with Crippen LogP contribution in [0.2, 0.25) is 0 Å².